The Balaban J connectivity index is 2.24. The average molecular weight is 257 g/mol. The van der Waals surface area contributed by atoms with Crippen molar-refractivity contribution in [1.29, 1.82) is 0 Å². The van der Waals surface area contributed by atoms with Crippen LogP contribution in [0.2, 0.25) is 0 Å². The molecule has 2 unspecified atom stereocenters. The summed E-state index contributed by atoms with van der Waals surface area (Å²) in [6.07, 6.45) is 13.3. The Morgan fingerprint density at radius 3 is 1.76 bits per heavy atom. The molecule has 0 radical (unpaired) electrons. The molecule has 0 aromatic carbocycles. The molecule has 17 heavy (non-hydrogen) atoms. The third-order valence-electron chi connectivity index (χ3n) is 3.38. The van der Waals surface area contributed by atoms with Crippen LogP contribution in [0.4, 0.5) is 0 Å². The van der Waals surface area contributed by atoms with Crippen molar-refractivity contribution in [3.8, 4) is 0 Å². The lowest BCUT2D eigenvalue weighted by Crippen LogP contribution is -2.46. The molecule has 0 saturated heterocycles. The van der Waals surface area contributed by atoms with Gasteiger partial charge >= 0.3 is 10.3 Å². The minimum atomic E-state index is -4.13. The molecule has 2 aliphatic carbocycles. The van der Waals surface area contributed by atoms with Crippen molar-refractivity contribution in [3.05, 3.63) is 24.3 Å². The van der Waals surface area contributed by atoms with E-state index in [0.717, 1.165) is 38.5 Å². The summed E-state index contributed by atoms with van der Waals surface area (Å²) in [5, 5.41) is 0. The minimum Gasteiger partial charge on any atom is -0.273 e. The smallest absolute Gasteiger partial charge is 0.273 e. The quantitative estimate of drug-likeness (QED) is 0.623. The van der Waals surface area contributed by atoms with Gasteiger partial charge in [0.15, 0.2) is 0 Å². The Hall–Kier alpha value is -0.650. The van der Waals surface area contributed by atoms with Gasteiger partial charge in [0, 0.05) is 12.1 Å². The van der Waals surface area contributed by atoms with Crippen LogP contribution in [0.1, 0.15) is 38.5 Å². The molecule has 1 N–H and O–H groups in total. The van der Waals surface area contributed by atoms with Crippen LogP contribution >= 0.6 is 0 Å². The normalized spacial score (nSPS) is 29.8. The molecular weight excluding hydrogens is 238 g/mol. The Bertz CT molecular complexity index is 389. The number of hydrogen-bond donors (Lipinski definition) is 1. The fourth-order valence-corrected chi connectivity index (χ4v) is 3.64. The lowest BCUT2D eigenvalue weighted by Gasteiger charge is -2.34. The zero-order valence-corrected chi connectivity index (χ0v) is 10.6. The van der Waals surface area contributed by atoms with Crippen LogP contribution in [-0.2, 0) is 10.3 Å². The zero-order valence-electron chi connectivity index (χ0n) is 9.83. The first-order valence-electron chi connectivity index (χ1n) is 6.18. The molecule has 2 rings (SSSR count). The molecule has 4 nitrogen and oxygen atoms in total. The number of allylic oxidation sites excluding steroid dienone is 2. The molecule has 96 valence electrons. The second-order valence-electron chi connectivity index (χ2n) is 4.66. The van der Waals surface area contributed by atoms with Gasteiger partial charge in [0.05, 0.1) is 0 Å². The highest BCUT2D eigenvalue weighted by molar-refractivity contribution is 7.83. The van der Waals surface area contributed by atoms with E-state index in [1.807, 2.05) is 24.3 Å². The predicted octanol–water partition coefficient (Wildman–Crippen LogP) is 2.31. The van der Waals surface area contributed by atoms with Crippen LogP contribution in [0.25, 0.3) is 0 Å². The molecule has 0 amide bonds. The van der Waals surface area contributed by atoms with Crippen molar-refractivity contribution in [2.24, 2.45) is 0 Å². The van der Waals surface area contributed by atoms with E-state index in [1.54, 1.807) is 0 Å². The van der Waals surface area contributed by atoms with E-state index >= 15 is 0 Å². The maximum Gasteiger partial charge on any atom is 0.337 e. The van der Waals surface area contributed by atoms with Gasteiger partial charge in [0.2, 0.25) is 0 Å². The van der Waals surface area contributed by atoms with Gasteiger partial charge in [-0.25, -0.2) is 0 Å². The number of rotatable bonds is 3. The van der Waals surface area contributed by atoms with Crippen molar-refractivity contribution in [2.75, 3.05) is 0 Å². The summed E-state index contributed by atoms with van der Waals surface area (Å²) < 4.78 is 33.8. The second-order valence-corrected chi connectivity index (χ2v) is 5.98. The van der Waals surface area contributed by atoms with E-state index in [9.17, 15) is 13.0 Å². The molecule has 0 spiro atoms. The Morgan fingerprint density at radius 1 is 1.00 bits per heavy atom. The highest BCUT2D eigenvalue weighted by Crippen LogP contribution is 2.26. The fourth-order valence-electron chi connectivity index (χ4n) is 2.60. The molecule has 5 heteroatoms. The Morgan fingerprint density at radius 2 is 1.47 bits per heavy atom. The van der Waals surface area contributed by atoms with Crippen LogP contribution in [0.3, 0.4) is 0 Å². The summed E-state index contributed by atoms with van der Waals surface area (Å²) in [6.45, 7) is 0. The monoisotopic (exact) mass is 257 g/mol. The highest BCUT2D eigenvalue weighted by atomic mass is 32.2. The first-order valence-corrected chi connectivity index (χ1v) is 7.58. The maximum atomic E-state index is 11.5. The molecule has 0 bridgehead atoms. The minimum absolute atomic E-state index is 0.188. The van der Waals surface area contributed by atoms with Gasteiger partial charge in [0.1, 0.15) is 0 Å². The van der Waals surface area contributed by atoms with Crippen molar-refractivity contribution in [2.45, 2.75) is 50.6 Å². The van der Waals surface area contributed by atoms with Gasteiger partial charge < -0.3 is 0 Å². The number of nitrogens with zero attached hydrogens (tertiary/aromatic N) is 1. The van der Waals surface area contributed by atoms with Crippen LogP contribution < -0.4 is 0 Å². The molecule has 0 aliphatic heterocycles. The van der Waals surface area contributed by atoms with E-state index in [1.165, 1.54) is 4.31 Å². The fraction of sp³-hybridized carbons (Fsp3) is 0.667. The summed E-state index contributed by atoms with van der Waals surface area (Å²) in [7, 11) is -4.13. The van der Waals surface area contributed by atoms with Crippen LogP contribution in [0.15, 0.2) is 24.3 Å². The largest absolute Gasteiger partial charge is 0.337 e. The predicted molar refractivity (Wildman–Crippen MR) is 66.9 cm³/mol. The summed E-state index contributed by atoms with van der Waals surface area (Å²) in [6, 6.07) is -0.377. The Kier molecular flexibility index (Phi) is 4.01. The van der Waals surface area contributed by atoms with E-state index in [4.69, 9.17) is 0 Å². The van der Waals surface area contributed by atoms with Gasteiger partial charge in [-0.3, -0.25) is 4.55 Å². The van der Waals surface area contributed by atoms with E-state index < -0.39 is 10.3 Å². The molecule has 2 atom stereocenters. The van der Waals surface area contributed by atoms with Crippen LogP contribution in [0.5, 0.6) is 0 Å². The Labute approximate surface area is 103 Å². The summed E-state index contributed by atoms with van der Waals surface area (Å²) in [5.74, 6) is 0. The zero-order chi connectivity index (χ0) is 12.3. The van der Waals surface area contributed by atoms with Gasteiger partial charge in [-0.1, -0.05) is 24.3 Å². The van der Waals surface area contributed by atoms with E-state index in [0.29, 0.717) is 0 Å². The summed E-state index contributed by atoms with van der Waals surface area (Å²) >= 11 is 0. The van der Waals surface area contributed by atoms with Gasteiger partial charge in [-0.2, -0.15) is 12.7 Å². The van der Waals surface area contributed by atoms with Crippen molar-refractivity contribution >= 4 is 10.3 Å². The average Bonchev–Trinajstić information content (AvgIpc) is 2.30. The maximum absolute atomic E-state index is 11.5. The van der Waals surface area contributed by atoms with Gasteiger partial charge in [0.25, 0.3) is 0 Å². The summed E-state index contributed by atoms with van der Waals surface area (Å²) in [5.41, 5.74) is 0. The molecule has 0 saturated carbocycles. The lowest BCUT2D eigenvalue weighted by molar-refractivity contribution is 0.251. The molecular formula is C12H19NO3S. The molecule has 2 aliphatic rings. The van der Waals surface area contributed by atoms with Crippen molar-refractivity contribution < 1.29 is 13.0 Å². The standard InChI is InChI=1S/C12H19NO3S/c14-17(15,16)13(11-7-3-1-4-8-11)12-9-5-2-6-10-12/h3,5,7,9,11-12H,1-2,4,6,8,10H2,(H,14,15,16). The second kappa shape index (κ2) is 5.33. The highest BCUT2D eigenvalue weighted by Gasteiger charge is 2.33. The van der Waals surface area contributed by atoms with Gasteiger partial charge in [-0.05, 0) is 38.5 Å². The van der Waals surface area contributed by atoms with Crippen LogP contribution in [-0.4, -0.2) is 29.4 Å². The topological polar surface area (TPSA) is 57.6 Å². The summed E-state index contributed by atoms with van der Waals surface area (Å²) in [4.78, 5) is 0. The lowest BCUT2D eigenvalue weighted by atomic mass is 9.98. The van der Waals surface area contributed by atoms with Crippen LogP contribution in [0, 0.1) is 0 Å². The van der Waals surface area contributed by atoms with Gasteiger partial charge in [-0.15, -0.1) is 0 Å². The van der Waals surface area contributed by atoms with E-state index in [2.05, 4.69) is 0 Å². The molecule has 0 aromatic rings. The first-order chi connectivity index (χ1) is 8.09. The third-order valence-corrected chi connectivity index (χ3v) is 4.45. The first kappa shape index (κ1) is 12.8. The number of hydrogen-bond acceptors (Lipinski definition) is 2. The molecule has 0 aromatic heterocycles. The van der Waals surface area contributed by atoms with E-state index in [-0.39, 0.29) is 12.1 Å². The molecule has 0 heterocycles. The molecule has 0 fully saturated rings. The van der Waals surface area contributed by atoms with Crippen molar-refractivity contribution in [1.82, 2.24) is 4.31 Å². The SMILES string of the molecule is O=S(=O)(O)N(C1C=CCCC1)C1C=CCCC1. The third kappa shape index (κ3) is 3.18. The van der Waals surface area contributed by atoms with Crippen molar-refractivity contribution in [3.63, 3.8) is 0 Å².